The fourth-order valence-electron chi connectivity index (χ4n) is 1.78. The van der Waals surface area contributed by atoms with E-state index in [1.165, 1.54) is 0 Å². The van der Waals surface area contributed by atoms with Gasteiger partial charge in [-0.1, -0.05) is 6.92 Å². The van der Waals surface area contributed by atoms with E-state index >= 15 is 0 Å². The Morgan fingerprint density at radius 2 is 2.19 bits per heavy atom. The van der Waals surface area contributed by atoms with Crippen molar-refractivity contribution in [3.05, 3.63) is 0 Å². The molecule has 1 aliphatic heterocycles. The SMILES string of the molecule is CCCOCC(=O)C1(C(F)(F)F)CCNC1. The second-order valence-corrected chi connectivity index (χ2v) is 3.98. The number of carbonyl (C=O) groups is 1. The van der Waals surface area contributed by atoms with Gasteiger partial charge >= 0.3 is 6.18 Å². The maximum Gasteiger partial charge on any atom is 0.402 e. The number of halogens is 3. The van der Waals surface area contributed by atoms with Crippen molar-refractivity contribution in [2.75, 3.05) is 26.3 Å². The predicted molar refractivity (Wildman–Crippen MR) is 52.1 cm³/mol. The molecule has 1 unspecified atom stereocenters. The van der Waals surface area contributed by atoms with E-state index in [1.807, 2.05) is 6.92 Å². The summed E-state index contributed by atoms with van der Waals surface area (Å²) in [5.74, 6) is -0.863. The van der Waals surface area contributed by atoms with E-state index in [4.69, 9.17) is 4.74 Å². The van der Waals surface area contributed by atoms with Gasteiger partial charge < -0.3 is 10.1 Å². The number of Topliss-reactive ketones (excluding diaryl/α,β-unsaturated/α-hetero) is 1. The van der Waals surface area contributed by atoms with Crippen LogP contribution in [0.1, 0.15) is 19.8 Å². The van der Waals surface area contributed by atoms with Gasteiger partial charge in [0.15, 0.2) is 5.78 Å². The van der Waals surface area contributed by atoms with Crippen LogP contribution < -0.4 is 5.32 Å². The highest BCUT2D eigenvalue weighted by atomic mass is 19.4. The molecule has 1 saturated heterocycles. The minimum Gasteiger partial charge on any atom is -0.374 e. The van der Waals surface area contributed by atoms with Crippen molar-refractivity contribution in [2.45, 2.75) is 25.9 Å². The molecule has 94 valence electrons. The smallest absolute Gasteiger partial charge is 0.374 e. The van der Waals surface area contributed by atoms with Crippen LogP contribution in [0.3, 0.4) is 0 Å². The van der Waals surface area contributed by atoms with Gasteiger partial charge in [-0.25, -0.2) is 0 Å². The first-order chi connectivity index (χ1) is 7.44. The van der Waals surface area contributed by atoms with Gasteiger partial charge in [0, 0.05) is 13.2 Å². The van der Waals surface area contributed by atoms with Crippen LogP contribution in [0.5, 0.6) is 0 Å². The Hall–Kier alpha value is -0.620. The van der Waals surface area contributed by atoms with Crippen molar-refractivity contribution in [1.29, 1.82) is 0 Å². The normalized spacial score (nSPS) is 26.0. The van der Waals surface area contributed by atoms with E-state index in [2.05, 4.69) is 5.32 Å². The summed E-state index contributed by atoms with van der Waals surface area (Å²) < 4.78 is 43.5. The summed E-state index contributed by atoms with van der Waals surface area (Å²) in [5.41, 5.74) is -2.24. The molecule has 1 atom stereocenters. The third-order valence-corrected chi connectivity index (χ3v) is 2.81. The minimum atomic E-state index is -4.50. The van der Waals surface area contributed by atoms with Crippen molar-refractivity contribution in [2.24, 2.45) is 5.41 Å². The molecular formula is C10H16F3NO2. The number of ketones is 1. The van der Waals surface area contributed by atoms with Gasteiger partial charge in [0.25, 0.3) is 0 Å². The summed E-state index contributed by atoms with van der Waals surface area (Å²) >= 11 is 0. The van der Waals surface area contributed by atoms with Crippen LogP contribution in [0.15, 0.2) is 0 Å². The van der Waals surface area contributed by atoms with Crippen molar-refractivity contribution in [3.63, 3.8) is 0 Å². The zero-order chi connectivity index (χ0) is 12.2. The fourth-order valence-corrected chi connectivity index (χ4v) is 1.78. The molecule has 1 fully saturated rings. The Morgan fingerprint density at radius 1 is 1.50 bits per heavy atom. The van der Waals surface area contributed by atoms with E-state index in [9.17, 15) is 18.0 Å². The summed E-state index contributed by atoms with van der Waals surface area (Å²) in [6.45, 7) is 1.59. The van der Waals surface area contributed by atoms with E-state index in [1.54, 1.807) is 0 Å². The van der Waals surface area contributed by atoms with Gasteiger partial charge in [-0.2, -0.15) is 13.2 Å². The van der Waals surface area contributed by atoms with Crippen LogP contribution in [0.25, 0.3) is 0 Å². The topological polar surface area (TPSA) is 38.3 Å². The quantitative estimate of drug-likeness (QED) is 0.739. The van der Waals surface area contributed by atoms with Crippen LogP contribution in [0.2, 0.25) is 0 Å². The van der Waals surface area contributed by atoms with E-state index in [0.29, 0.717) is 13.0 Å². The number of ether oxygens (including phenoxy) is 1. The average Bonchev–Trinajstić information content (AvgIpc) is 2.66. The molecule has 0 aromatic rings. The molecule has 1 aliphatic rings. The molecule has 0 spiro atoms. The Labute approximate surface area is 92.3 Å². The van der Waals surface area contributed by atoms with Gasteiger partial charge in [0.05, 0.1) is 0 Å². The largest absolute Gasteiger partial charge is 0.402 e. The summed E-state index contributed by atoms with van der Waals surface area (Å²) in [4.78, 5) is 11.6. The van der Waals surface area contributed by atoms with E-state index in [-0.39, 0.29) is 19.5 Å². The molecule has 0 saturated carbocycles. The number of hydrogen-bond donors (Lipinski definition) is 1. The van der Waals surface area contributed by atoms with Crippen LogP contribution in [0, 0.1) is 5.41 Å². The molecule has 0 radical (unpaired) electrons. The van der Waals surface area contributed by atoms with Crippen LogP contribution >= 0.6 is 0 Å². The van der Waals surface area contributed by atoms with Crippen molar-refractivity contribution in [1.82, 2.24) is 5.32 Å². The lowest BCUT2D eigenvalue weighted by Gasteiger charge is -2.29. The molecule has 0 bridgehead atoms. The summed E-state index contributed by atoms with van der Waals surface area (Å²) in [5, 5.41) is 2.59. The number of nitrogens with one attached hydrogen (secondary N) is 1. The van der Waals surface area contributed by atoms with Crippen molar-refractivity contribution in [3.8, 4) is 0 Å². The van der Waals surface area contributed by atoms with Gasteiger partial charge in [0.1, 0.15) is 12.0 Å². The molecule has 0 aromatic carbocycles. The molecular weight excluding hydrogens is 223 g/mol. The molecule has 3 nitrogen and oxygen atoms in total. The average molecular weight is 239 g/mol. The third-order valence-electron chi connectivity index (χ3n) is 2.81. The van der Waals surface area contributed by atoms with Gasteiger partial charge in [-0.3, -0.25) is 4.79 Å². The van der Waals surface area contributed by atoms with Crippen molar-refractivity contribution < 1.29 is 22.7 Å². The first-order valence-electron chi connectivity index (χ1n) is 5.32. The maximum atomic E-state index is 12.9. The molecule has 0 aliphatic carbocycles. The maximum absolute atomic E-state index is 12.9. The van der Waals surface area contributed by atoms with Crippen molar-refractivity contribution >= 4 is 5.78 Å². The molecule has 0 aromatic heterocycles. The highest BCUT2D eigenvalue weighted by molar-refractivity contribution is 5.87. The van der Waals surface area contributed by atoms with Crippen LogP contribution in [-0.4, -0.2) is 38.3 Å². The standard InChI is InChI=1S/C10H16F3NO2/c1-2-5-16-6-8(15)9(10(11,12)13)3-4-14-7-9/h14H,2-7H2,1H3. The Balaban J connectivity index is 2.67. The van der Waals surface area contributed by atoms with Crippen LogP contribution in [0.4, 0.5) is 13.2 Å². The molecule has 1 heterocycles. The Bertz CT molecular complexity index is 247. The first kappa shape index (κ1) is 13.4. The number of hydrogen-bond acceptors (Lipinski definition) is 3. The first-order valence-corrected chi connectivity index (χ1v) is 5.32. The molecule has 1 N–H and O–H groups in total. The highest BCUT2D eigenvalue weighted by Gasteiger charge is 2.60. The monoisotopic (exact) mass is 239 g/mol. The van der Waals surface area contributed by atoms with Crippen LogP contribution in [-0.2, 0) is 9.53 Å². The number of carbonyl (C=O) groups excluding carboxylic acids is 1. The Morgan fingerprint density at radius 3 is 2.62 bits per heavy atom. The lowest BCUT2D eigenvalue weighted by Crippen LogP contribution is -2.48. The van der Waals surface area contributed by atoms with Gasteiger partial charge in [-0.05, 0) is 19.4 Å². The lowest BCUT2D eigenvalue weighted by molar-refractivity contribution is -0.216. The van der Waals surface area contributed by atoms with Gasteiger partial charge in [-0.15, -0.1) is 0 Å². The van der Waals surface area contributed by atoms with E-state index < -0.39 is 24.0 Å². The minimum absolute atomic E-state index is 0.190. The molecule has 1 rings (SSSR count). The molecule has 6 heteroatoms. The summed E-state index contributed by atoms with van der Waals surface area (Å²) in [6, 6.07) is 0. The predicted octanol–water partition coefficient (Wildman–Crippen LogP) is 1.52. The zero-order valence-corrected chi connectivity index (χ0v) is 9.19. The zero-order valence-electron chi connectivity index (χ0n) is 9.19. The summed E-state index contributed by atoms with van der Waals surface area (Å²) in [7, 11) is 0. The third kappa shape index (κ3) is 2.55. The lowest BCUT2D eigenvalue weighted by atomic mass is 9.82. The summed E-state index contributed by atoms with van der Waals surface area (Å²) in [6.07, 6.45) is -4.00. The number of rotatable bonds is 5. The second kappa shape index (κ2) is 5.14. The Kier molecular flexibility index (Phi) is 4.32. The molecule has 16 heavy (non-hydrogen) atoms. The highest BCUT2D eigenvalue weighted by Crippen LogP contribution is 2.43. The van der Waals surface area contributed by atoms with Gasteiger partial charge in [0.2, 0.25) is 0 Å². The molecule has 0 amide bonds. The van der Waals surface area contributed by atoms with E-state index in [0.717, 1.165) is 0 Å². The fraction of sp³-hybridized carbons (Fsp3) is 0.900. The second-order valence-electron chi connectivity index (χ2n) is 3.98. The number of alkyl halides is 3.